The molecule has 0 bridgehead atoms. The molecular formula is C30H36N4O6S. The van der Waals surface area contributed by atoms with Crippen LogP contribution in [0.5, 0.6) is 11.5 Å². The summed E-state index contributed by atoms with van der Waals surface area (Å²) < 4.78 is 35.5. The molecule has 2 N–H and O–H groups in total. The minimum Gasteiger partial charge on any atom is -0.493 e. The molecule has 0 aromatic heterocycles. The Morgan fingerprint density at radius 1 is 0.829 bits per heavy atom. The lowest BCUT2D eigenvalue weighted by Crippen LogP contribution is -2.47. The Hall–Kier alpha value is -3.93. The molecule has 1 saturated heterocycles. The van der Waals surface area contributed by atoms with Gasteiger partial charge in [0.05, 0.1) is 31.7 Å². The number of hydrogen-bond acceptors (Lipinski definition) is 7. The molecule has 0 unspecified atom stereocenters. The maximum atomic E-state index is 13.0. The van der Waals surface area contributed by atoms with Crippen molar-refractivity contribution in [3.63, 3.8) is 0 Å². The van der Waals surface area contributed by atoms with Gasteiger partial charge in [0.1, 0.15) is 0 Å². The van der Waals surface area contributed by atoms with Crippen LogP contribution in [-0.2, 0) is 23.0 Å². The van der Waals surface area contributed by atoms with Crippen molar-refractivity contribution in [1.29, 1.82) is 0 Å². The molecule has 3 aromatic rings. The molecule has 1 heterocycles. The summed E-state index contributed by atoms with van der Waals surface area (Å²) in [6, 6.07) is 19.8. The summed E-state index contributed by atoms with van der Waals surface area (Å²) in [7, 11) is -0.00249. The Labute approximate surface area is 241 Å². The molecule has 0 saturated carbocycles. The quantitative estimate of drug-likeness (QED) is 0.358. The molecule has 0 atom stereocenters. The third-order valence-corrected chi connectivity index (χ3v) is 8.29. The number of carbonyl (C=O) groups excluding carboxylic acids is 2. The summed E-state index contributed by atoms with van der Waals surface area (Å²) in [4.78, 5) is 28.1. The summed E-state index contributed by atoms with van der Waals surface area (Å²) in [5.41, 5.74) is 3.29. The Bertz CT molecular complexity index is 1470. The van der Waals surface area contributed by atoms with Gasteiger partial charge in [-0.25, -0.2) is 8.42 Å². The monoisotopic (exact) mass is 580 g/mol. The lowest BCUT2D eigenvalue weighted by Gasteiger charge is -2.33. The van der Waals surface area contributed by atoms with Gasteiger partial charge in [0.25, 0.3) is 11.8 Å². The maximum absolute atomic E-state index is 13.0. The molecule has 2 amide bonds. The molecule has 1 fully saturated rings. The van der Waals surface area contributed by atoms with Gasteiger partial charge in [-0.15, -0.1) is 0 Å². The molecule has 0 radical (unpaired) electrons. The third-order valence-electron chi connectivity index (χ3n) is 6.99. The topological polar surface area (TPSA) is 117 Å². The molecule has 4 rings (SSSR count). The number of rotatable bonds is 11. The first-order valence-electron chi connectivity index (χ1n) is 13.3. The van der Waals surface area contributed by atoms with Crippen LogP contribution in [0, 0.1) is 0 Å². The Morgan fingerprint density at radius 3 is 2.15 bits per heavy atom. The van der Waals surface area contributed by atoms with E-state index in [0.29, 0.717) is 74.0 Å². The summed E-state index contributed by atoms with van der Waals surface area (Å²) in [5, 5.41) is 5.78. The third kappa shape index (κ3) is 8.06. The van der Waals surface area contributed by atoms with Crippen molar-refractivity contribution in [3.05, 3.63) is 89.0 Å². The van der Waals surface area contributed by atoms with E-state index in [1.807, 2.05) is 30.3 Å². The molecule has 3 aromatic carbocycles. The summed E-state index contributed by atoms with van der Waals surface area (Å²) in [6.07, 6.45) is 1.83. The summed E-state index contributed by atoms with van der Waals surface area (Å²) >= 11 is 0. The predicted octanol–water partition coefficient (Wildman–Crippen LogP) is 3.01. The Balaban J connectivity index is 1.31. The second-order valence-electron chi connectivity index (χ2n) is 9.83. The van der Waals surface area contributed by atoms with E-state index in [4.69, 9.17) is 9.47 Å². The SMILES string of the molecule is COc1ccc(CCNC(=O)c2ccccc2NC(=O)c2ccc(CN3CCN(S(C)(=O)=O)CC3)cc2)cc1OC. The van der Waals surface area contributed by atoms with Crippen LogP contribution in [0.2, 0.25) is 0 Å². The van der Waals surface area contributed by atoms with Crippen LogP contribution in [0.15, 0.2) is 66.7 Å². The number of sulfonamides is 1. The molecular weight excluding hydrogens is 544 g/mol. The first-order chi connectivity index (χ1) is 19.7. The fourth-order valence-corrected chi connectivity index (χ4v) is 5.50. The number of para-hydroxylation sites is 1. The number of piperazine rings is 1. The minimum atomic E-state index is -3.16. The first kappa shape index (κ1) is 30.0. The van der Waals surface area contributed by atoms with Crippen molar-refractivity contribution in [2.45, 2.75) is 13.0 Å². The number of nitrogens with one attached hydrogen (secondary N) is 2. The fourth-order valence-electron chi connectivity index (χ4n) is 4.68. The Kier molecular flexibility index (Phi) is 9.98. The van der Waals surface area contributed by atoms with Crippen LogP contribution in [-0.4, -0.2) is 82.6 Å². The number of methoxy groups -OCH3 is 2. The Morgan fingerprint density at radius 2 is 1.49 bits per heavy atom. The van der Waals surface area contributed by atoms with Gasteiger partial charge in [0.2, 0.25) is 10.0 Å². The van der Waals surface area contributed by atoms with Crippen molar-refractivity contribution in [1.82, 2.24) is 14.5 Å². The van der Waals surface area contributed by atoms with Crippen molar-refractivity contribution in [2.24, 2.45) is 0 Å². The van der Waals surface area contributed by atoms with Crippen LogP contribution in [0.1, 0.15) is 31.8 Å². The standard InChI is InChI=1S/C30H36N4O6S/c1-39-27-13-10-22(20-28(27)40-2)14-15-31-30(36)25-6-4-5-7-26(25)32-29(35)24-11-8-23(9-12-24)21-33-16-18-34(19-17-33)41(3,37)38/h4-13,20H,14-19,21H2,1-3H3,(H,31,36)(H,32,35). The number of carbonyl (C=O) groups is 2. The number of ether oxygens (including phenoxy) is 2. The molecule has 11 heteroatoms. The van der Waals surface area contributed by atoms with E-state index in [9.17, 15) is 18.0 Å². The highest BCUT2D eigenvalue weighted by molar-refractivity contribution is 7.88. The van der Waals surface area contributed by atoms with Gasteiger partial charge in [-0.1, -0.05) is 30.3 Å². The highest BCUT2D eigenvalue weighted by atomic mass is 32.2. The smallest absolute Gasteiger partial charge is 0.255 e. The maximum Gasteiger partial charge on any atom is 0.255 e. The zero-order chi connectivity index (χ0) is 29.4. The molecule has 10 nitrogen and oxygen atoms in total. The van der Waals surface area contributed by atoms with Gasteiger partial charge >= 0.3 is 0 Å². The van der Waals surface area contributed by atoms with E-state index in [2.05, 4.69) is 15.5 Å². The van der Waals surface area contributed by atoms with E-state index in [-0.39, 0.29) is 11.8 Å². The molecule has 41 heavy (non-hydrogen) atoms. The minimum absolute atomic E-state index is 0.285. The molecule has 0 aliphatic carbocycles. The number of benzene rings is 3. The van der Waals surface area contributed by atoms with E-state index in [1.54, 1.807) is 50.6 Å². The molecule has 1 aliphatic rings. The molecule has 1 aliphatic heterocycles. The second-order valence-corrected chi connectivity index (χ2v) is 11.8. The number of anilines is 1. The van der Waals surface area contributed by atoms with E-state index >= 15 is 0 Å². The highest BCUT2D eigenvalue weighted by Gasteiger charge is 2.23. The zero-order valence-electron chi connectivity index (χ0n) is 23.6. The summed E-state index contributed by atoms with van der Waals surface area (Å²) in [5.74, 6) is 0.672. The fraction of sp³-hybridized carbons (Fsp3) is 0.333. The van der Waals surface area contributed by atoms with Crippen LogP contribution < -0.4 is 20.1 Å². The van der Waals surface area contributed by atoms with Crippen LogP contribution in [0.25, 0.3) is 0 Å². The first-order valence-corrected chi connectivity index (χ1v) is 15.2. The van der Waals surface area contributed by atoms with E-state index < -0.39 is 10.0 Å². The van der Waals surface area contributed by atoms with Gasteiger partial charge in [-0.2, -0.15) is 4.31 Å². The average Bonchev–Trinajstić information content (AvgIpc) is 2.97. The predicted molar refractivity (Wildman–Crippen MR) is 158 cm³/mol. The van der Waals surface area contributed by atoms with Gasteiger partial charge in [0, 0.05) is 44.8 Å². The van der Waals surface area contributed by atoms with Crippen LogP contribution in [0.3, 0.4) is 0 Å². The normalized spacial score (nSPS) is 14.3. The van der Waals surface area contributed by atoms with Crippen LogP contribution in [0.4, 0.5) is 5.69 Å². The average molecular weight is 581 g/mol. The van der Waals surface area contributed by atoms with Gasteiger partial charge in [0.15, 0.2) is 11.5 Å². The zero-order valence-corrected chi connectivity index (χ0v) is 24.4. The van der Waals surface area contributed by atoms with Crippen molar-refractivity contribution >= 4 is 27.5 Å². The lowest BCUT2D eigenvalue weighted by atomic mass is 10.1. The van der Waals surface area contributed by atoms with Crippen molar-refractivity contribution in [2.75, 3.05) is 58.5 Å². The largest absolute Gasteiger partial charge is 0.493 e. The molecule has 0 spiro atoms. The lowest BCUT2D eigenvalue weighted by molar-refractivity contribution is 0.0955. The van der Waals surface area contributed by atoms with Gasteiger partial charge < -0.3 is 20.1 Å². The van der Waals surface area contributed by atoms with E-state index in [1.165, 1.54) is 10.6 Å². The van der Waals surface area contributed by atoms with Crippen LogP contribution >= 0.6 is 0 Å². The van der Waals surface area contributed by atoms with Crippen molar-refractivity contribution in [3.8, 4) is 11.5 Å². The number of amides is 2. The summed E-state index contributed by atoms with van der Waals surface area (Å²) in [6.45, 7) is 3.34. The molecule has 218 valence electrons. The van der Waals surface area contributed by atoms with Gasteiger partial charge in [-0.05, 0) is 53.9 Å². The number of hydrogen-bond donors (Lipinski definition) is 2. The van der Waals surface area contributed by atoms with Crippen molar-refractivity contribution < 1.29 is 27.5 Å². The highest BCUT2D eigenvalue weighted by Crippen LogP contribution is 2.27. The number of nitrogens with zero attached hydrogens (tertiary/aromatic N) is 2. The second kappa shape index (κ2) is 13.6. The van der Waals surface area contributed by atoms with Gasteiger partial charge in [-0.3, -0.25) is 14.5 Å². The van der Waals surface area contributed by atoms with E-state index in [0.717, 1.165) is 11.1 Å².